The van der Waals surface area contributed by atoms with Gasteiger partial charge in [-0.1, -0.05) is 19.9 Å². The molecule has 1 rings (SSSR count). The van der Waals surface area contributed by atoms with Gasteiger partial charge >= 0.3 is 0 Å². The van der Waals surface area contributed by atoms with Crippen LogP contribution in [0.15, 0.2) is 18.2 Å². The van der Waals surface area contributed by atoms with Crippen molar-refractivity contribution < 1.29 is 18.4 Å². The summed E-state index contributed by atoms with van der Waals surface area (Å²) in [5.41, 5.74) is -0.677. The van der Waals surface area contributed by atoms with Crippen LogP contribution >= 0.6 is 0 Å². The maximum Gasteiger partial charge on any atom is 0.257 e. The highest BCUT2D eigenvalue weighted by Gasteiger charge is 2.29. The first kappa shape index (κ1) is 19.0. The topological polar surface area (TPSA) is 61.4 Å². The van der Waals surface area contributed by atoms with Crippen LogP contribution in [-0.2, 0) is 4.79 Å². The monoisotopic (exact) mass is 327 g/mol. The first-order valence-corrected chi connectivity index (χ1v) is 7.44. The molecule has 0 bridgehead atoms. The van der Waals surface area contributed by atoms with Crippen molar-refractivity contribution >= 4 is 11.8 Å². The standard InChI is InChI=1S/C16H23F2N3O2/c1-10(2)14(16(23)21(4)9-8-19-3)20-15(22)13-11(17)6-5-7-12(13)18/h5-7,10,14,19H,8-9H2,1-4H3,(H,20,22). The van der Waals surface area contributed by atoms with Gasteiger partial charge in [0, 0.05) is 20.1 Å². The molecule has 1 atom stereocenters. The van der Waals surface area contributed by atoms with Gasteiger partial charge < -0.3 is 15.5 Å². The highest BCUT2D eigenvalue weighted by Crippen LogP contribution is 2.13. The third kappa shape index (κ3) is 4.99. The molecule has 1 aromatic carbocycles. The molecule has 0 saturated heterocycles. The van der Waals surface area contributed by atoms with Gasteiger partial charge in [0.25, 0.3) is 5.91 Å². The maximum absolute atomic E-state index is 13.7. The molecular formula is C16H23F2N3O2. The molecule has 2 N–H and O–H groups in total. The van der Waals surface area contributed by atoms with Crippen LogP contribution in [0.1, 0.15) is 24.2 Å². The zero-order valence-corrected chi connectivity index (χ0v) is 13.8. The van der Waals surface area contributed by atoms with Gasteiger partial charge in [-0.05, 0) is 25.1 Å². The van der Waals surface area contributed by atoms with E-state index in [4.69, 9.17) is 0 Å². The van der Waals surface area contributed by atoms with Crippen LogP contribution in [0.25, 0.3) is 0 Å². The number of carbonyl (C=O) groups excluding carboxylic acids is 2. The third-order valence-electron chi connectivity index (χ3n) is 3.48. The van der Waals surface area contributed by atoms with Gasteiger partial charge in [-0.2, -0.15) is 0 Å². The van der Waals surface area contributed by atoms with Gasteiger partial charge in [-0.25, -0.2) is 8.78 Å². The van der Waals surface area contributed by atoms with Crippen molar-refractivity contribution in [3.8, 4) is 0 Å². The van der Waals surface area contributed by atoms with Crippen LogP contribution in [0.5, 0.6) is 0 Å². The van der Waals surface area contributed by atoms with Crippen LogP contribution < -0.4 is 10.6 Å². The molecule has 0 aliphatic heterocycles. The number of nitrogens with zero attached hydrogens (tertiary/aromatic N) is 1. The minimum Gasteiger partial charge on any atom is -0.343 e. The molecule has 7 heteroatoms. The number of carbonyl (C=O) groups is 2. The predicted molar refractivity (Wildman–Crippen MR) is 84.0 cm³/mol. The number of nitrogens with one attached hydrogen (secondary N) is 2. The van der Waals surface area contributed by atoms with Gasteiger partial charge in [0.15, 0.2) is 0 Å². The van der Waals surface area contributed by atoms with Crippen molar-refractivity contribution in [3.05, 3.63) is 35.4 Å². The quantitative estimate of drug-likeness (QED) is 0.796. The summed E-state index contributed by atoms with van der Waals surface area (Å²) < 4.78 is 27.3. The molecule has 1 unspecified atom stereocenters. The molecule has 0 heterocycles. The van der Waals surface area contributed by atoms with E-state index in [1.807, 2.05) is 0 Å². The van der Waals surface area contributed by atoms with Gasteiger partial charge in [-0.3, -0.25) is 9.59 Å². The van der Waals surface area contributed by atoms with E-state index in [1.54, 1.807) is 27.9 Å². The fourth-order valence-electron chi connectivity index (χ4n) is 2.07. The Morgan fingerprint density at radius 2 is 1.78 bits per heavy atom. The first-order chi connectivity index (χ1) is 10.8. The van der Waals surface area contributed by atoms with E-state index in [0.29, 0.717) is 13.1 Å². The van der Waals surface area contributed by atoms with Gasteiger partial charge in [-0.15, -0.1) is 0 Å². The SMILES string of the molecule is CNCCN(C)C(=O)C(NC(=O)c1c(F)cccc1F)C(C)C. The summed E-state index contributed by atoms with van der Waals surface area (Å²) in [6, 6.07) is 2.33. The fraction of sp³-hybridized carbons (Fsp3) is 0.500. The summed E-state index contributed by atoms with van der Waals surface area (Å²) in [6.45, 7) is 4.57. The second-order valence-electron chi connectivity index (χ2n) is 5.66. The number of benzene rings is 1. The van der Waals surface area contributed by atoms with Crippen LogP contribution in [0.2, 0.25) is 0 Å². The van der Waals surface area contributed by atoms with E-state index in [9.17, 15) is 18.4 Å². The van der Waals surface area contributed by atoms with Crippen molar-refractivity contribution in [1.29, 1.82) is 0 Å². The zero-order chi connectivity index (χ0) is 17.6. The second kappa shape index (κ2) is 8.57. The molecule has 0 fully saturated rings. The van der Waals surface area contributed by atoms with Crippen molar-refractivity contribution in [2.24, 2.45) is 5.92 Å². The summed E-state index contributed by atoms with van der Waals surface area (Å²) in [7, 11) is 3.38. The molecule has 0 saturated carbocycles. The highest BCUT2D eigenvalue weighted by molar-refractivity contribution is 5.98. The highest BCUT2D eigenvalue weighted by atomic mass is 19.1. The normalized spacial score (nSPS) is 12.1. The van der Waals surface area contributed by atoms with Crippen molar-refractivity contribution in [2.45, 2.75) is 19.9 Å². The lowest BCUT2D eigenvalue weighted by molar-refractivity contribution is -0.132. The molecule has 0 aromatic heterocycles. The number of hydrogen-bond donors (Lipinski definition) is 2. The summed E-state index contributed by atoms with van der Waals surface area (Å²) in [4.78, 5) is 26.1. The summed E-state index contributed by atoms with van der Waals surface area (Å²) in [6.07, 6.45) is 0. The molecule has 0 radical (unpaired) electrons. The average Bonchev–Trinajstić information content (AvgIpc) is 2.49. The second-order valence-corrected chi connectivity index (χ2v) is 5.66. The Morgan fingerprint density at radius 1 is 1.22 bits per heavy atom. The smallest absolute Gasteiger partial charge is 0.257 e. The van der Waals surface area contributed by atoms with Crippen LogP contribution in [0.4, 0.5) is 8.78 Å². The molecule has 0 spiro atoms. The minimum absolute atomic E-state index is 0.224. The fourth-order valence-corrected chi connectivity index (χ4v) is 2.07. The van der Waals surface area contributed by atoms with E-state index in [1.165, 1.54) is 11.0 Å². The van der Waals surface area contributed by atoms with E-state index in [0.717, 1.165) is 12.1 Å². The number of halogens is 2. The van der Waals surface area contributed by atoms with E-state index in [2.05, 4.69) is 10.6 Å². The third-order valence-corrected chi connectivity index (χ3v) is 3.48. The minimum atomic E-state index is -0.957. The summed E-state index contributed by atoms with van der Waals surface area (Å²) in [5.74, 6) is -3.38. The Morgan fingerprint density at radius 3 is 2.26 bits per heavy atom. The number of hydrogen-bond acceptors (Lipinski definition) is 3. The molecule has 0 aliphatic carbocycles. The Hall–Kier alpha value is -2.02. The molecule has 2 amide bonds. The van der Waals surface area contributed by atoms with Crippen molar-refractivity contribution in [2.75, 3.05) is 27.2 Å². The lowest BCUT2D eigenvalue weighted by Gasteiger charge is -2.27. The molecule has 1 aromatic rings. The van der Waals surface area contributed by atoms with Crippen LogP contribution in [0.3, 0.4) is 0 Å². The summed E-state index contributed by atoms with van der Waals surface area (Å²) in [5, 5.41) is 5.36. The van der Waals surface area contributed by atoms with E-state index >= 15 is 0 Å². The molecule has 23 heavy (non-hydrogen) atoms. The molecule has 5 nitrogen and oxygen atoms in total. The molecule has 128 valence electrons. The van der Waals surface area contributed by atoms with Crippen molar-refractivity contribution in [3.63, 3.8) is 0 Å². The van der Waals surface area contributed by atoms with Crippen molar-refractivity contribution in [1.82, 2.24) is 15.5 Å². The van der Waals surface area contributed by atoms with E-state index < -0.39 is 29.1 Å². The largest absolute Gasteiger partial charge is 0.343 e. The van der Waals surface area contributed by atoms with Gasteiger partial charge in [0.05, 0.1) is 0 Å². The Kier molecular flexibility index (Phi) is 7.09. The molecular weight excluding hydrogens is 304 g/mol. The number of rotatable bonds is 7. The van der Waals surface area contributed by atoms with Crippen LogP contribution in [-0.4, -0.2) is 49.9 Å². The lowest BCUT2D eigenvalue weighted by atomic mass is 10.0. The van der Waals surface area contributed by atoms with E-state index in [-0.39, 0.29) is 11.8 Å². The molecule has 0 aliphatic rings. The van der Waals surface area contributed by atoms with Crippen LogP contribution in [0, 0.1) is 17.6 Å². The Balaban J connectivity index is 2.92. The summed E-state index contributed by atoms with van der Waals surface area (Å²) >= 11 is 0. The Labute approximate surface area is 135 Å². The van der Waals surface area contributed by atoms with Gasteiger partial charge in [0.1, 0.15) is 23.2 Å². The number of likely N-dealkylation sites (N-methyl/N-ethyl adjacent to an activating group) is 2. The number of amides is 2. The zero-order valence-electron chi connectivity index (χ0n) is 13.8. The average molecular weight is 327 g/mol. The predicted octanol–water partition coefficient (Wildman–Crippen LogP) is 1.40. The lowest BCUT2D eigenvalue weighted by Crippen LogP contribution is -2.51. The maximum atomic E-state index is 13.7. The Bertz CT molecular complexity index is 544. The van der Waals surface area contributed by atoms with Gasteiger partial charge in [0.2, 0.25) is 5.91 Å². The first-order valence-electron chi connectivity index (χ1n) is 7.44.